The van der Waals surface area contributed by atoms with Crippen LogP contribution >= 0.6 is 109 Å². The van der Waals surface area contributed by atoms with Gasteiger partial charge in [-0.2, -0.15) is 0 Å². The minimum atomic E-state index is -3.65. The molecule has 2 fully saturated rings. The van der Waals surface area contributed by atoms with Gasteiger partial charge in [0.05, 0.1) is 45.8 Å². The van der Waals surface area contributed by atoms with Crippen LogP contribution in [0.5, 0.6) is 0 Å². The second-order valence-electron chi connectivity index (χ2n) is 11.6. The number of nitrogens with two attached hydrogens (primary N) is 1. The van der Waals surface area contributed by atoms with Gasteiger partial charge in [0.1, 0.15) is 5.82 Å². The molecule has 2 aromatic heterocycles. The van der Waals surface area contributed by atoms with Crippen molar-refractivity contribution in [1.82, 2.24) is 25.5 Å². The van der Waals surface area contributed by atoms with E-state index in [2.05, 4.69) is 88.0 Å². The monoisotopic (exact) mass is 986 g/mol. The average Bonchev–Trinajstić information content (AvgIpc) is 3.92. The van der Waals surface area contributed by atoms with E-state index in [1.807, 2.05) is 0 Å². The Morgan fingerprint density at radius 1 is 0.925 bits per heavy atom. The zero-order valence-corrected chi connectivity index (χ0v) is 42.1. The van der Waals surface area contributed by atoms with Crippen molar-refractivity contribution in [3.63, 3.8) is 0 Å². The van der Waals surface area contributed by atoms with Crippen LogP contribution in [0.1, 0.15) is 18.4 Å². The van der Waals surface area contributed by atoms with Crippen LogP contribution in [0.25, 0.3) is 34.3 Å². The molecule has 26 heteroatoms. The lowest BCUT2D eigenvalue weighted by molar-refractivity contribution is 0.190. The highest BCUT2D eigenvalue weighted by molar-refractivity contribution is 9.21. The molecule has 4 aromatic rings. The molecule has 288 valence electrons. The molecule has 0 spiro atoms. The number of ether oxygens (including phenoxy) is 2. The summed E-state index contributed by atoms with van der Waals surface area (Å²) in [5.74, 6) is -0.580. The third kappa shape index (κ3) is 12.1. The van der Waals surface area contributed by atoms with Crippen molar-refractivity contribution in [3.05, 3.63) is 59.0 Å². The van der Waals surface area contributed by atoms with Crippen LogP contribution in [0.2, 0.25) is 5.02 Å². The van der Waals surface area contributed by atoms with Gasteiger partial charge in [0.15, 0.2) is 21.3 Å². The number of halogens is 2. The van der Waals surface area contributed by atoms with Gasteiger partial charge < -0.3 is 24.9 Å². The maximum Gasteiger partial charge on any atom is 0.270 e. The minimum absolute atomic E-state index is 0.0215. The normalized spacial score (nSPS) is 18.3. The number of nitrogens with one attached hydrogen (secondary N) is 1. The first-order chi connectivity index (χ1) is 25.2. The highest BCUT2D eigenvalue weighted by Crippen LogP contribution is 3.16. The van der Waals surface area contributed by atoms with Gasteiger partial charge in [-0.05, 0) is 77.6 Å². The molecule has 2 saturated heterocycles. The highest BCUT2D eigenvalue weighted by Gasteiger charge is 2.33. The molecule has 6 rings (SSSR count). The molecule has 9 unspecified atom stereocenters. The standard InChI is InChI=1S/C27H26ClFN6O5S.H14P12/c28-20-10-16(2-4-23(20)41(36,37)18-6-8-39-14-18)22-12-32-25(30)24(33-22)27-35-34-26(40-27)19-3-1-15(9-21(19)29)11-31-17-5-7-38-13-17;1-8(2)11(7)12(9(3)4)10(5)6/h1-4,9-10,12,17-18,31H,5-8,11,13-14H2,(H2,30,32);1-7H2/t17-,18?;/m1./s1. The molecule has 2 aromatic carbocycles. The Balaban J connectivity index is 0.000000390. The number of benzene rings is 2. The SMILES string of the molecule is Nc1ncc(-c2ccc(S(=O)(=O)C3CCOC3)c(Cl)c2)nc1-c1nnc(-c2ccc(CN[C@@H]3CCOC3)cc2F)o1.PP(P)P(P)P(P(P)P)P(P)P. The van der Waals surface area contributed by atoms with Crippen molar-refractivity contribution in [2.24, 2.45) is 0 Å². The van der Waals surface area contributed by atoms with Crippen LogP contribution < -0.4 is 11.1 Å². The molecule has 4 heterocycles. The lowest BCUT2D eigenvalue weighted by Gasteiger charge is -2.32. The molecule has 0 bridgehead atoms. The van der Waals surface area contributed by atoms with E-state index in [0.717, 1.165) is 18.6 Å². The molecule has 3 N–H and O–H groups in total. The number of aromatic nitrogens is 4. The fourth-order valence-electron chi connectivity index (χ4n) is 5.17. The van der Waals surface area contributed by atoms with Gasteiger partial charge in [0, 0.05) is 31.4 Å². The smallest absolute Gasteiger partial charge is 0.270 e. The van der Waals surface area contributed by atoms with Crippen molar-refractivity contribution in [2.45, 2.75) is 35.6 Å². The van der Waals surface area contributed by atoms with Crippen LogP contribution in [-0.4, -0.2) is 66.3 Å². The number of hydrogen-bond acceptors (Lipinski definition) is 11. The second-order valence-corrected chi connectivity index (χ2v) is 59.1. The third-order valence-corrected chi connectivity index (χ3v) is 77.2. The van der Waals surface area contributed by atoms with E-state index in [0.29, 0.717) is 37.4 Å². The number of hydrogen-bond donors (Lipinski definition) is 2. The summed E-state index contributed by atoms with van der Waals surface area (Å²) in [5, 5.41) is 10.8. The van der Waals surface area contributed by atoms with Gasteiger partial charge in [-0.25, -0.2) is 22.8 Å². The van der Waals surface area contributed by atoms with E-state index in [9.17, 15) is 12.8 Å². The van der Waals surface area contributed by atoms with Crippen molar-refractivity contribution < 1.29 is 26.7 Å². The number of sulfone groups is 1. The fourth-order valence-corrected chi connectivity index (χ4v) is 110. The van der Waals surface area contributed by atoms with Crippen LogP contribution in [0.15, 0.2) is 51.9 Å². The Morgan fingerprint density at radius 3 is 2.21 bits per heavy atom. The number of anilines is 1. The van der Waals surface area contributed by atoms with Crippen LogP contribution in [0, 0.1) is 5.82 Å². The average molecular weight is 987 g/mol. The van der Waals surface area contributed by atoms with Crippen LogP contribution in [-0.2, 0) is 25.9 Å². The Morgan fingerprint density at radius 2 is 1.62 bits per heavy atom. The summed E-state index contributed by atoms with van der Waals surface area (Å²) in [7, 11) is 17.4. The van der Waals surface area contributed by atoms with E-state index in [1.165, 1.54) is 24.4 Å². The van der Waals surface area contributed by atoms with Crippen molar-refractivity contribution >= 4 is 125 Å². The summed E-state index contributed by atoms with van der Waals surface area (Å²) >= 11 is 6.40. The topological polar surface area (TPSA) is 155 Å². The quantitative estimate of drug-likeness (QED) is 0.130. The molecule has 11 nitrogen and oxygen atoms in total. The molecule has 2 aliphatic rings. The van der Waals surface area contributed by atoms with Crippen molar-refractivity contribution in [1.29, 1.82) is 0 Å². The van der Waals surface area contributed by atoms with E-state index >= 15 is 0 Å². The van der Waals surface area contributed by atoms with Gasteiger partial charge >= 0.3 is 0 Å². The second kappa shape index (κ2) is 21.3. The van der Waals surface area contributed by atoms with E-state index in [1.54, 1.807) is 18.2 Å². The Kier molecular flexibility index (Phi) is 18.4. The van der Waals surface area contributed by atoms with Crippen LogP contribution in [0.4, 0.5) is 10.2 Å². The molecular formula is C27H40ClFN6O5P12S. The molecular weight excluding hydrogens is 947 g/mol. The zero-order valence-electron chi connectivity index (χ0n) is 28.0. The summed E-state index contributed by atoms with van der Waals surface area (Å²) in [5.41, 5.74) is 7.91. The minimum Gasteiger partial charge on any atom is -0.414 e. The first kappa shape index (κ1) is 45.7. The first-order valence-corrected chi connectivity index (χ1v) is 38.4. The molecule has 0 aliphatic carbocycles. The summed E-state index contributed by atoms with van der Waals surface area (Å²) in [4.78, 5) is 8.71. The van der Waals surface area contributed by atoms with E-state index < -0.39 is 20.9 Å². The molecule has 0 radical (unpaired) electrons. The van der Waals surface area contributed by atoms with E-state index in [-0.39, 0.29) is 86.4 Å². The number of rotatable bonds is 12. The first-order valence-electron chi connectivity index (χ1n) is 15.6. The largest absolute Gasteiger partial charge is 0.414 e. The van der Waals surface area contributed by atoms with Crippen LogP contribution in [0.3, 0.4) is 0 Å². The zero-order chi connectivity index (χ0) is 38.4. The Labute approximate surface area is 335 Å². The van der Waals surface area contributed by atoms with Gasteiger partial charge in [-0.15, -0.1) is 72.7 Å². The molecule has 0 saturated carbocycles. The summed E-state index contributed by atoms with van der Waals surface area (Å²) < 4.78 is 57.2. The van der Waals surface area contributed by atoms with Gasteiger partial charge in [0.25, 0.3) is 11.8 Å². The van der Waals surface area contributed by atoms with E-state index in [4.69, 9.17) is 31.2 Å². The van der Waals surface area contributed by atoms with Gasteiger partial charge in [-0.1, -0.05) is 23.7 Å². The maximum absolute atomic E-state index is 15.0. The molecule has 0 amide bonds. The number of nitrogen functional groups attached to an aromatic ring is 1. The van der Waals surface area contributed by atoms with Gasteiger partial charge in [-0.3, -0.25) is 0 Å². The molecule has 53 heavy (non-hydrogen) atoms. The summed E-state index contributed by atoms with van der Waals surface area (Å²) in [6, 6.07) is 9.57. The lowest BCUT2D eigenvalue weighted by atomic mass is 10.1. The summed E-state index contributed by atoms with van der Waals surface area (Å²) in [6.07, 6.45) is 2.76. The lowest BCUT2D eigenvalue weighted by Crippen LogP contribution is -2.28. The van der Waals surface area contributed by atoms with Crippen molar-refractivity contribution in [3.8, 4) is 34.3 Å². The maximum atomic E-state index is 15.0. The van der Waals surface area contributed by atoms with Gasteiger partial charge in [0.2, 0.25) is 0 Å². The predicted molar refractivity (Wildman–Crippen MR) is 251 cm³/mol. The number of nitrogens with zero attached hydrogens (tertiary/aromatic N) is 4. The molecule has 10 atom stereocenters. The molecule has 2 aliphatic heterocycles. The Hall–Kier alpha value is 1.67. The fraction of sp³-hybridized carbons (Fsp3) is 0.333. The Bertz CT molecular complexity index is 1970. The predicted octanol–water partition coefficient (Wildman–Crippen LogP) is 10.3. The highest BCUT2D eigenvalue weighted by atomic mass is 35.5. The summed E-state index contributed by atoms with van der Waals surface area (Å²) in [6.45, 7) is 3.11. The third-order valence-electron chi connectivity index (χ3n) is 7.91. The van der Waals surface area contributed by atoms with Crippen molar-refractivity contribution in [2.75, 3.05) is 32.2 Å².